The normalized spacial score (nSPS) is 12.2. The predicted octanol–water partition coefficient (Wildman–Crippen LogP) is 8.91. The molecule has 0 unspecified atom stereocenters. The number of hydrogen-bond acceptors (Lipinski definition) is 3. The van der Waals surface area contributed by atoms with Gasteiger partial charge in [-0.15, -0.1) is 0 Å². The van der Waals surface area contributed by atoms with Gasteiger partial charge in [0.05, 0.1) is 27.5 Å². The van der Waals surface area contributed by atoms with E-state index in [1.165, 1.54) is 10.8 Å². The largest absolute Gasteiger partial charge is 0.438 e. The first kappa shape index (κ1) is 19.9. The molecule has 0 radical (unpaired) electrons. The third-order valence-electron chi connectivity index (χ3n) is 7.77. The molecule has 0 saturated heterocycles. The van der Waals surface area contributed by atoms with Crippen LogP contribution in [-0.2, 0) is 0 Å². The summed E-state index contributed by atoms with van der Waals surface area (Å²) < 4.78 is 8.55. The number of benzene rings is 5. The van der Waals surface area contributed by atoms with E-state index in [0.717, 1.165) is 66.0 Å². The molecule has 9 rings (SSSR count). The average Bonchev–Trinajstić information content (AvgIpc) is 3.54. The summed E-state index contributed by atoms with van der Waals surface area (Å²) in [7, 11) is 0. The minimum Gasteiger partial charge on any atom is -0.438 e. The molecule has 4 aromatic heterocycles. The van der Waals surface area contributed by atoms with E-state index in [9.17, 15) is 0 Å². The summed E-state index contributed by atoms with van der Waals surface area (Å²) in [5.41, 5.74) is 8.98. The van der Waals surface area contributed by atoms with E-state index < -0.39 is 0 Å². The van der Waals surface area contributed by atoms with Crippen molar-refractivity contribution in [3.8, 4) is 11.1 Å². The van der Waals surface area contributed by atoms with Crippen LogP contribution in [0.3, 0.4) is 0 Å². The first-order valence-corrected chi connectivity index (χ1v) is 12.8. The van der Waals surface area contributed by atoms with E-state index in [4.69, 9.17) is 14.4 Å². The molecule has 176 valence electrons. The zero-order valence-corrected chi connectivity index (χ0v) is 20.2. The first-order chi connectivity index (χ1) is 18.8. The maximum Gasteiger partial charge on any atom is 0.228 e. The molecule has 0 aliphatic rings. The molecule has 0 atom stereocenters. The fourth-order valence-corrected chi connectivity index (χ4v) is 6.15. The Labute approximate surface area is 216 Å². The van der Waals surface area contributed by atoms with Crippen LogP contribution < -0.4 is 0 Å². The molecule has 0 aliphatic carbocycles. The SMILES string of the molecule is c1ccc2c(-c3ccc4c(c3)c3ccccc3c3nc5ccccc5n43)c3c(nc2c1)oc1ccccc13. The van der Waals surface area contributed by atoms with Crippen LogP contribution in [0.15, 0.2) is 120 Å². The lowest BCUT2D eigenvalue weighted by Crippen LogP contribution is -1.93. The Kier molecular flexibility index (Phi) is 3.76. The second-order valence-electron chi connectivity index (χ2n) is 9.82. The van der Waals surface area contributed by atoms with Crippen molar-refractivity contribution >= 4 is 71.3 Å². The van der Waals surface area contributed by atoms with Crippen LogP contribution in [0.4, 0.5) is 0 Å². The van der Waals surface area contributed by atoms with Crippen LogP contribution in [0, 0.1) is 0 Å². The summed E-state index contributed by atoms with van der Waals surface area (Å²) in [5, 5.41) is 6.78. The average molecular weight is 486 g/mol. The monoisotopic (exact) mass is 485 g/mol. The Balaban J connectivity index is 1.49. The van der Waals surface area contributed by atoms with Gasteiger partial charge in [0.15, 0.2) is 0 Å². The third-order valence-corrected chi connectivity index (χ3v) is 7.77. The van der Waals surface area contributed by atoms with Gasteiger partial charge in [-0.3, -0.25) is 4.40 Å². The number of imidazole rings is 1. The molecule has 0 bridgehead atoms. The summed E-state index contributed by atoms with van der Waals surface area (Å²) in [6, 6.07) is 40.3. The molecule has 4 heterocycles. The fraction of sp³-hybridized carbons (Fsp3) is 0. The summed E-state index contributed by atoms with van der Waals surface area (Å²) in [6.07, 6.45) is 0. The number of nitrogens with zero attached hydrogens (tertiary/aromatic N) is 3. The van der Waals surface area contributed by atoms with Crippen LogP contribution in [-0.4, -0.2) is 14.4 Å². The summed E-state index contributed by atoms with van der Waals surface area (Å²) in [5.74, 6) is 0. The lowest BCUT2D eigenvalue weighted by molar-refractivity contribution is 0.656. The van der Waals surface area contributed by atoms with Crippen LogP contribution >= 0.6 is 0 Å². The molecule has 4 heteroatoms. The molecule has 0 N–H and O–H groups in total. The number of rotatable bonds is 1. The van der Waals surface area contributed by atoms with Crippen LogP contribution in [0.25, 0.3) is 82.5 Å². The first-order valence-electron chi connectivity index (χ1n) is 12.8. The van der Waals surface area contributed by atoms with E-state index in [1.807, 2.05) is 24.3 Å². The van der Waals surface area contributed by atoms with Crippen molar-refractivity contribution < 1.29 is 4.42 Å². The van der Waals surface area contributed by atoms with Crippen molar-refractivity contribution in [2.75, 3.05) is 0 Å². The minimum atomic E-state index is 0.668. The second-order valence-corrected chi connectivity index (χ2v) is 9.82. The number of pyridine rings is 2. The molecule has 5 aromatic carbocycles. The molecule has 0 fully saturated rings. The van der Waals surface area contributed by atoms with E-state index in [0.29, 0.717) is 5.71 Å². The third kappa shape index (κ3) is 2.53. The summed E-state index contributed by atoms with van der Waals surface area (Å²) in [4.78, 5) is 9.93. The predicted molar refractivity (Wildman–Crippen MR) is 156 cm³/mol. The molecular weight excluding hydrogens is 466 g/mol. The maximum absolute atomic E-state index is 6.25. The van der Waals surface area contributed by atoms with E-state index >= 15 is 0 Å². The Bertz CT molecular complexity index is 2410. The lowest BCUT2D eigenvalue weighted by atomic mass is 9.94. The molecule has 4 nitrogen and oxygen atoms in total. The highest BCUT2D eigenvalue weighted by Crippen LogP contribution is 2.42. The highest BCUT2D eigenvalue weighted by molar-refractivity contribution is 6.20. The zero-order valence-electron chi connectivity index (χ0n) is 20.2. The second kappa shape index (κ2) is 7.17. The minimum absolute atomic E-state index is 0.668. The molecule has 0 spiro atoms. The van der Waals surface area contributed by atoms with Gasteiger partial charge in [0.1, 0.15) is 11.2 Å². The van der Waals surface area contributed by atoms with Crippen molar-refractivity contribution in [2.45, 2.75) is 0 Å². The highest BCUT2D eigenvalue weighted by atomic mass is 16.3. The van der Waals surface area contributed by atoms with Crippen LogP contribution in [0.1, 0.15) is 0 Å². The summed E-state index contributed by atoms with van der Waals surface area (Å²) >= 11 is 0. The van der Waals surface area contributed by atoms with Crippen molar-refractivity contribution in [2.24, 2.45) is 0 Å². The molecule has 0 saturated carbocycles. The van der Waals surface area contributed by atoms with Crippen molar-refractivity contribution in [3.05, 3.63) is 115 Å². The Hall–Kier alpha value is -5.22. The zero-order chi connectivity index (χ0) is 24.8. The smallest absolute Gasteiger partial charge is 0.228 e. The topological polar surface area (TPSA) is 43.3 Å². The van der Waals surface area contributed by atoms with Crippen molar-refractivity contribution in [1.29, 1.82) is 0 Å². The molecule has 0 aliphatic heterocycles. The van der Waals surface area contributed by atoms with E-state index in [2.05, 4.69) is 95.4 Å². The van der Waals surface area contributed by atoms with Gasteiger partial charge in [-0.25, -0.2) is 9.97 Å². The van der Waals surface area contributed by atoms with Crippen molar-refractivity contribution in [1.82, 2.24) is 14.4 Å². The van der Waals surface area contributed by atoms with Crippen LogP contribution in [0.5, 0.6) is 0 Å². The number of fused-ring (bicyclic) bond motifs is 12. The number of aromatic nitrogens is 3. The molecule has 9 aromatic rings. The van der Waals surface area contributed by atoms with E-state index in [-0.39, 0.29) is 0 Å². The lowest BCUT2D eigenvalue weighted by Gasteiger charge is -2.13. The summed E-state index contributed by atoms with van der Waals surface area (Å²) in [6.45, 7) is 0. The van der Waals surface area contributed by atoms with E-state index in [1.54, 1.807) is 0 Å². The standard InChI is InChI=1S/C34H19N3O/c1-2-10-22-21(9-1)25-19-20(17-18-28(25)37-29-15-7-6-14-27(29)35-33(22)37)31-23-11-3-5-13-26(23)36-34-32(31)24-12-4-8-16-30(24)38-34/h1-19H. The van der Waals surface area contributed by atoms with Gasteiger partial charge in [-0.2, -0.15) is 0 Å². The van der Waals surface area contributed by atoms with Gasteiger partial charge in [0.2, 0.25) is 5.71 Å². The molecule has 38 heavy (non-hydrogen) atoms. The van der Waals surface area contributed by atoms with Gasteiger partial charge in [-0.1, -0.05) is 78.9 Å². The van der Waals surface area contributed by atoms with Crippen molar-refractivity contribution in [3.63, 3.8) is 0 Å². The van der Waals surface area contributed by atoms with Gasteiger partial charge in [0, 0.05) is 27.1 Å². The Morgan fingerprint density at radius 3 is 2.13 bits per heavy atom. The molecular formula is C34H19N3O. The Morgan fingerprint density at radius 1 is 0.526 bits per heavy atom. The maximum atomic E-state index is 6.25. The highest BCUT2D eigenvalue weighted by Gasteiger charge is 2.19. The van der Waals surface area contributed by atoms with Crippen LogP contribution in [0.2, 0.25) is 0 Å². The van der Waals surface area contributed by atoms with Gasteiger partial charge in [0.25, 0.3) is 0 Å². The number of furan rings is 1. The Morgan fingerprint density at radius 2 is 1.24 bits per heavy atom. The quantitative estimate of drug-likeness (QED) is 0.218. The molecule has 0 amide bonds. The van der Waals surface area contributed by atoms with Gasteiger partial charge < -0.3 is 4.42 Å². The van der Waals surface area contributed by atoms with Gasteiger partial charge >= 0.3 is 0 Å². The number of hydrogen-bond donors (Lipinski definition) is 0. The fourth-order valence-electron chi connectivity index (χ4n) is 6.15. The van der Waals surface area contributed by atoms with Gasteiger partial charge in [-0.05, 0) is 47.3 Å². The number of para-hydroxylation sites is 4.